The number of ether oxygens (including phenoxy) is 2. The molecular formula is C20H28FNO4. The van der Waals surface area contributed by atoms with Crippen LogP contribution in [0.1, 0.15) is 58.1 Å². The van der Waals surface area contributed by atoms with Crippen LogP contribution in [0.3, 0.4) is 0 Å². The highest BCUT2D eigenvalue weighted by molar-refractivity contribution is 5.68. The van der Waals surface area contributed by atoms with E-state index in [-0.39, 0.29) is 18.0 Å². The summed E-state index contributed by atoms with van der Waals surface area (Å²) in [5.41, 5.74) is -0.253. The maximum Gasteiger partial charge on any atom is 0.410 e. The average molecular weight is 365 g/mol. The lowest BCUT2D eigenvalue weighted by Gasteiger charge is -2.48. The van der Waals surface area contributed by atoms with Gasteiger partial charge in [-0.15, -0.1) is 0 Å². The molecular weight excluding hydrogens is 337 g/mol. The van der Waals surface area contributed by atoms with Gasteiger partial charge in [0.2, 0.25) is 0 Å². The Balaban J connectivity index is 1.66. The summed E-state index contributed by atoms with van der Waals surface area (Å²) >= 11 is 0. The summed E-state index contributed by atoms with van der Waals surface area (Å²) in [7, 11) is 0. The summed E-state index contributed by atoms with van der Waals surface area (Å²) < 4.78 is 25.3. The Morgan fingerprint density at radius 1 is 1.35 bits per heavy atom. The topological polar surface area (TPSA) is 59.0 Å². The third kappa shape index (κ3) is 4.54. The highest BCUT2D eigenvalue weighted by atomic mass is 19.1. The molecule has 1 spiro atoms. The van der Waals surface area contributed by atoms with Gasteiger partial charge in [0.1, 0.15) is 11.4 Å². The maximum atomic E-state index is 13.6. The predicted molar refractivity (Wildman–Crippen MR) is 95.2 cm³/mol. The van der Waals surface area contributed by atoms with Crippen LogP contribution in [-0.4, -0.2) is 46.5 Å². The minimum atomic E-state index is -0.522. The number of nitrogens with zero attached hydrogens (tertiary/aromatic N) is 1. The van der Waals surface area contributed by atoms with Gasteiger partial charge in [-0.1, -0.05) is 12.1 Å². The van der Waals surface area contributed by atoms with Crippen LogP contribution in [0.15, 0.2) is 24.3 Å². The minimum absolute atomic E-state index is 0.306. The summed E-state index contributed by atoms with van der Waals surface area (Å²) in [4.78, 5) is 13.9. The Hall–Kier alpha value is -1.66. The first-order valence-corrected chi connectivity index (χ1v) is 9.25. The van der Waals surface area contributed by atoms with Gasteiger partial charge in [-0.3, -0.25) is 0 Å². The third-order valence-corrected chi connectivity index (χ3v) is 5.03. The first kappa shape index (κ1) is 19.1. The molecule has 2 fully saturated rings. The number of piperidine rings is 1. The molecule has 0 saturated carbocycles. The molecule has 2 aliphatic rings. The fraction of sp³-hybridized carbons (Fsp3) is 0.650. The number of halogens is 1. The average Bonchev–Trinajstić information content (AvgIpc) is 2.53. The fourth-order valence-electron chi connectivity index (χ4n) is 3.81. The van der Waals surface area contributed by atoms with Crippen molar-refractivity contribution in [1.82, 2.24) is 4.90 Å². The van der Waals surface area contributed by atoms with Gasteiger partial charge >= 0.3 is 6.09 Å². The van der Waals surface area contributed by atoms with Crippen molar-refractivity contribution >= 4 is 6.09 Å². The highest BCUT2D eigenvalue weighted by Gasteiger charge is 2.44. The van der Waals surface area contributed by atoms with Crippen molar-refractivity contribution in [2.24, 2.45) is 0 Å². The first-order valence-electron chi connectivity index (χ1n) is 9.25. The summed E-state index contributed by atoms with van der Waals surface area (Å²) in [5, 5.41) is 10.4. The molecule has 1 amide bonds. The Labute approximate surface area is 154 Å². The number of likely N-dealkylation sites (tertiary alicyclic amines) is 1. The lowest BCUT2D eigenvalue weighted by atomic mass is 9.81. The van der Waals surface area contributed by atoms with Crippen LogP contribution in [0.4, 0.5) is 9.18 Å². The van der Waals surface area contributed by atoms with Crippen LogP contribution in [0.2, 0.25) is 0 Å². The molecule has 0 aliphatic carbocycles. The smallest absolute Gasteiger partial charge is 0.410 e. The fourth-order valence-corrected chi connectivity index (χ4v) is 3.81. The normalized spacial score (nSPS) is 26.0. The number of hydrogen-bond acceptors (Lipinski definition) is 4. The Bertz CT molecular complexity index is 649. The monoisotopic (exact) mass is 365 g/mol. The second kappa shape index (κ2) is 7.16. The number of hydrogen-bond donors (Lipinski definition) is 1. The van der Waals surface area contributed by atoms with E-state index in [2.05, 4.69) is 0 Å². The number of carbonyl (C=O) groups excluding carboxylic acids is 1. The van der Waals surface area contributed by atoms with Crippen molar-refractivity contribution in [2.75, 3.05) is 13.1 Å². The van der Waals surface area contributed by atoms with Crippen molar-refractivity contribution in [3.63, 3.8) is 0 Å². The number of aliphatic hydroxyl groups excluding tert-OH is 1. The molecule has 1 aromatic rings. The molecule has 0 radical (unpaired) electrons. The van der Waals surface area contributed by atoms with Crippen LogP contribution >= 0.6 is 0 Å². The molecule has 2 saturated heterocycles. The van der Waals surface area contributed by atoms with E-state index in [1.165, 1.54) is 12.1 Å². The Morgan fingerprint density at radius 3 is 2.65 bits per heavy atom. The summed E-state index contributed by atoms with van der Waals surface area (Å²) in [6.07, 6.45) is 1.13. The van der Waals surface area contributed by atoms with Crippen molar-refractivity contribution in [3.05, 3.63) is 35.6 Å². The van der Waals surface area contributed by atoms with E-state index in [0.29, 0.717) is 38.8 Å². The molecule has 1 aromatic carbocycles. The van der Waals surface area contributed by atoms with Crippen LogP contribution < -0.4 is 0 Å². The van der Waals surface area contributed by atoms with Crippen molar-refractivity contribution in [3.8, 4) is 0 Å². The van der Waals surface area contributed by atoms with Crippen molar-refractivity contribution < 1.29 is 23.8 Å². The maximum absolute atomic E-state index is 13.6. The highest BCUT2D eigenvalue weighted by Crippen LogP contribution is 2.43. The van der Waals surface area contributed by atoms with Crippen LogP contribution in [0.5, 0.6) is 0 Å². The van der Waals surface area contributed by atoms with Gasteiger partial charge in [-0.05, 0) is 51.3 Å². The predicted octanol–water partition coefficient (Wildman–Crippen LogP) is 3.81. The van der Waals surface area contributed by atoms with Crippen LogP contribution in [0, 0.1) is 5.82 Å². The summed E-state index contributed by atoms with van der Waals surface area (Å²) in [6.45, 7) is 6.59. The lowest BCUT2D eigenvalue weighted by molar-refractivity contribution is -0.183. The molecule has 5 nitrogen and oxygen atoms in total. The van der Waals surface area contributed by atoms with Gasteiger partial charge in [-0.25, -0.2) is 9.18 Å². The second-order valence-corrected chi connectivity index (χ2v) is 8.41. The zero-order valence-corrected chi connectivity index (χ0v) is 15.7. The largest absolute Gasteiger partial charge is 0.444 e. The van der Waals surface area contributed by atoms with Gasteiger partial charge in [0.15, 0.2) is 0 Å². The number of amides is 1. The minimum Gasteiger partial charge on any atom is -0.444 e. The molecule has 144 valence electrons. The quantitative estimate of drug-likeness (QED) is 0.822. The van der Waals surface area contributed by atoms with Gasteiger partial charge in [0, 0.05) is 25.9 Å². The summed E-state index contributed by atoms with van der Waals surface area (Å²) in [6, 6.07) is 6.35. The molecule has 2 atom stereocenters. The van der Waals surface area contributed by atoms with Crippen LogP contribution in [-0.2, 0) is 9.47 Å². The molecule has 2 unspecified atom stereocenters. The van der Waals surface area contributed by atoms with Crippen LogP contribution in [0.25, 0.3) is 0 Å². The Kier molecular flexibility index (Phi) is 5.26. The van der Waals surface area contributed by atoms with Gasteiger partial charge < -0.3 is 19.5 Å². The van der Waals surface area contributed by atoms with Crippen molar-refractivity contribution in [1.29, 1.82) is 0 Å². The molecule has 26 heavy (non-hydrogen) atoms. The van der Waals surface area contributed by atoms with Gasteiger partial charge in [0.05, 0.1) is 17.8 Å². The second-order valence-electron chi connectivity index (χ2n) is 8.41. The number of benzene rings is 1. The van der Waals surface area contributed by atoms with E-state index in [9.17, 15) is 14.3 Å². The van der Waals surface area contributed by atoms with E-state index >= 15 is 0 Å². The van der Waals surface area contributed by atoms with E-state index in [1.807, 2.05) is 26.8 Å². The number of aliphatic hydroxyl groups is 1. The van der Waals surface area contributed by atoms with E-state index in [4.69, 9.17) is 9.47 Å². The Morgan fingerprint density at radius 2 is 2.04 bits per heavy atom. The molecule has 1 N–H and O–H groups in total. The van der Waals surface area contributed by atoms with Gasteiger partial charge in [0.25, 0.3) is 0 Å². The SMILES string of the molecule is CC(C)(C)OC(=O)N1CCC2(CC1)CC(O)CC(c1cccc(F)c1)O2. The van der Waals surface area contributed by atoms with E-state index in [0.717, 1.165) is 5.56 Å². The van der Waals surface area contributed by atoms with Gasteiger partial charge in [-0.2, -0.15) is 0 Å². The standard InChI is InChI=1S/C20H28FNO4/c1-19(2,3)26-18(24)22-9-7-20(8-10-22)13-16(23)12-17(25-20)14-5-4-6-15(21)11-14/h4-6,11,16-17,23H,7-10,12-13H2,1-3H3. The molecule has 0 aromatic heterocycles. The number of rotatable bonds is 1. The number of carbonyl (C=O) groups is 1. The molecule has 0 bridgehead atoms. The molecule has 3 rings (SSSR count). The lowest BCUT2D eigenvalue weighted by Crippen LogP contribution is -2.52. The third-order valence-electron chi connectivity index (χ3n) is 5.03. The molecule has 2 heterocycles. The zero-order valence-electron chi connectivity index (χ0n) is 15.7. The van der Waals surface area contributed by atoms with E-state index < -0.39 is 17.3 Å². The summed E-state index contributed by atoms with van der Waals surface area (Å²) in [5.74, 6) is -0.306. The van der Waals surface area contributed by atoms with Crippen molar-refractivity contribution in [2.45, 2.75) is 69.9 Å². The molecule has 6 heteroatoms. The molecule has 2 aliphatic heterocycles. The van der Waals surface area contributed by atoms with E-state index in [1.54, 1.807) is 11.0 Å². The zero-order chi connectivity index (χ0) is 18.9. The first-order chi connectivity index (χ1) is 12.2.